The van der Waals surface area contributed by atoms with Crippen molar-refractivity contribution < 1.29 is 19.7 Å². The van der Waals surface area contributed by atoms with E-state index in [0.717, 1.165) is 22.6 Å². The average Bonchev–Trinajstić information content (AvgIpc) is 2.59. The quantitative estimate of drug-likeness (QED) is 0.604. The first kappa shape index (κ1) is 17.4. The van der Waals surface area contributed by atoms with Crippen molar-refractivity contribution in [2.75, 3.05) is 14.2 Å². The summed E-state index contributed by atoms with van der Waals surface area (Å²) in [6.45, 7) is 0.0274. The van der Waals surface area contributed by atoms with Crippen molar-refractivity contribution in [1.29, 1.82) is 0 Å². The van der Waals surface area contributed by atoms with Gasteiger partial charge in [0.05, 0.1) is 0 Å². The molecule has 4 nitrogen and oxygen atoms in total. The van der Waals surface area contributed by atoms with Crippen LogP contribution in [0.2, 0.25) is 0 Å². The van der Waals surface area contributed by atoms with E-state index in [-0.39, 0.29) is 39.5 Å². The van der Waals surface area contributed by atoms with Gasteiger partial charge in [-0.2, -0.15) is 0 Å². The molecule has 0 bridgehead atoms. The van der Waals surface area contributed by atoms with Crippen molar-refractivity contribution >= 4 is 35.2 Å². The van der Waals surface area contributed by atoms with Gasteiger partial charge in [-0.3, -0.25) is 0 Å². The summed E-state index contributed by atoms with van der Waals surface area (Å²) in [7, 11) is 3.24. The van der Waals surface area contributed by atoms with Crippen molar-refractivity contribution in [3.63, 3.8) is 0 Å². The van der Waals surface area contributed by atoms with Crippen molar-refractivity contribution in [2.24, 2.45) is 0 Å². The SMILES string of the molecule is COc1ccc([Se][Se]c2ccc(OC)cc2CO)c(CO)c1. The van der Waals surface area contributed by atoms with Gasteiger partial charge in [-0.15, -0.1) is 0 Å². The summed E-state index contributed by atoms with van der Waals surface area (Å²) in [4.78, 5) is 0. The van der Waals surface area contributed by atoms with Crippen molar-refractivity contribution in [1.82, 2.24) is 0 Å². The molecule has 0 saturated heterocycles. The molecule has 2 rings (SSSR count). The van der Waals surface area contributed by atoms with Crippen LogP contribution in [-0.2, 0) is 13.2 Å². The van der Waals surface area contributed by atoms with Gasteiger partial charge in [0.15, 0.2) is 0 Å². The Balaban J connectivity index is 2.16. The predicted molar refractivity (Wildman–Crippen MR) is 88.6 cm³/mol. The molecular weight excluding hydrogens is 414 g/mol. The van der Waals surface area contributed by atoms with Crippen LogP contribution in [0.5, 0.6) is 11.5 Å². The third kappa shape index (κ3) is 4.26. The van der Waals surface area contributed by atoms with Crippen LogP contribution in [0.3, 0.4) is 0 Å². The minimum atomic E-state index is 0.0137. The van der Waals surface area contributed by atoms with Crippen molar-refractivity contribution in [3.8, 4) is 11.5 Å². The summed E-state index contributed by atoms with van der Waals surface area (Å²) < 4.78 is 12.7. The van der Waals surface area contributed by atoms with Crippen LogP contribution in [-0.4, -0.2) is 50.7 Å². The van der Waals surface area contributed by atoms with Crippen LogP contribution >= 0.6 is 0 Å². The van der Waals surface area contributed by atoms with E-state index in [0.29, 0.717) is 0 Å². The Kier molecular flexibility index (Phi) is 6.77. The zero-order chi connectivity index (χ0) is 15.9. The molecule has 0 unspecified atom stereocenters. The molecule has 0 heterocycles. The molecule has 6 heteroatoms. The van der Waals surface area contributed by atoms with Gasteiger partial charge in [-0.1, -0.05) is 0 Å². The summed E-state index contributed by atoms with van der Waals surface area (Å²) in [5.74, 6) is 1.52. The van der Waals surface area contributed by atoms with Gasteiger partial charge in [0.25, 0.3) is 0 Å². The minimum absolute atomic E-state index is 0.0137. The molecule has 0 spiro atoms. The van der Waals surface area contributed by atoms with E-state index < -0.39 is 0 Å². The van der Waals surface area contributed by atoms with Crippen LogP contribution < -0.4 is 18.4 Å². The summed E-state index contributed by atoms with van der Waals surface area (Å²) in [5, 5.41) is 19.0. The maximum atomic E-state index is 9.51. The van der Waals surface area contributed by atoms with Crippen LogP contribution in [0, 0.1) is 0 Å². The summed E-state index contributed by atoms with van der Waals surface area (Å²) in [6.07, 6.45) is 0. The van der Waals surface area contributed by atoms with Crippen LogP contribution in [0.1, 0.15) is 11.1 Å². The molecule has 2 aromatic carbocycles. The van der Waals surface area contributed by atoms with Crippen LogP contribution in [0.4, 0.5) is 0 Å². The fourth-order valence-electron chi connectivity index (χ4n) is 1.87. The van der Waals surface area contributed by atoms with Crippen molar-refractivity contribution in [2.45, 2.75) is 13.2 Å². The molecule has 22 heavy (non-hydrogen) atoms. The molecule has 0 amide bonds. The number of rotatable bonds is 7. The topological polar surface area (TPSA) is 58.9 Å². The standard InChI is InChI=1S/C16H18O4Se2/c1-19-13-3-5-15(11(7-13)9-17)21-22-16-6-4-14(20-2)8-12(16)10-18/h3-8,17-18H,9-10H2,1-2H3. The third-order valence-electron chi connectivity index (χ3n) is 3.10. The van der Waals surface area contributed by atoms with E-state index in [1.165, 1.54) is 8.92 Å². The molecule has 2 N–H and O–H groups in total. The first-order valence-corrected chi connectivity index (χ1v) is 12.7. The van der Waals surface area contributed by atoms with Gasteiger partial charge in [0, 0.05) is 0 Å². The fraction of sp³-hybridized carbons (Fsp3) is 0.250. The number of ether oxygens (including phenoxy) is 2. The Morgan fingerprint density at radius 1 is 0.773 bits per heavy atom. The number of aliphatic hydroxyl groups is 2. The Morgan fingerprint density at radius 2 is 1.18 bits per heavy atom. The van der Waals surface area contributed by atoms with E-state index >= 15 is 0 Å². The molecule has 0 fully saturated rings. The number of aliphatic hydroxyl groups excluding tert-OH is 2. The average molecular weight is 432 g/mol. The van der Waals surface area contributed by atoms with Crippen LogP contribution in [0.15, 0.2) is 36.4 Å². The predicted octanol–water partition coefficient (Wildman–Crippen LogP) is -0.0374. The van der Waals surface area contributed by atoms with E-state index in [1.54, 1.807) is 14.2 Å². The summed E-state index contributed by atoms with van der Waals surface area (Å²) in [6, 6.07) is 11.7. The van der Waals surface area contributed by atoms with E-state index in [4.69, 9.17) is 9.47 Å². The van der Waals surface area contributed by atoms with Gasteiger partial charge in [-0.25, -0.2) is 0 Å². The van der Waals surface area contributed by atoms with Gasteiger partial charge in [0.2, 0.25) is 0 Å². The van der Waals surface area contributed by atoms with Gasteiger partial charge in [0.1, 0.15) is 0 Å². The van der Waals surface area contributed by atoms with E-state index in [9.17, 15) is 10.2 Å². The summed E-state index contributed by atoms with van der Waals surface area (Å²) >= 11 is 0.464. The van der Waals surface area contributed by atoms with E-state index in [2.05, 4.69) is 0 Å². The third-order valence-corrected chi connectivity index (χ3v) is 10.5. The number of methoxy groups -OCH3 is 2. The summed E-state index contributed by atoms with van der Waals surface area (Å²) in [5.41, 5.74) is 1.83. The molecule has 0 aliphatic rings. The normalized spacial score (nSPS) is 10.5. The molecule has 0 aromatic heterocycles. The molecule has 0 saturated carbocycles. The van der Waals surface area contributed by atoms with Gasteiger partial charge < -0.3 is 0 Å². The Morgan fingerprint density at radius 3 is 1.50 bits per heavy atom. The monoisotopic (exact) mass is 434 g/mol. The van der Waals surface area contributed by atoms with Gasteiger partial charge >= 0.3 is 141 Å². The molecule has 0 aliphatic carbocycles. The second-order valence-corrected chi connectivity index (χ2v) is 10.6. The molecule has 0 aliphatic heterocycles. The van der Waals surface area contributed by atoms with E-state index in [1.807, 2.05) is 36.4 Å². The molecule has 2 aromatic rings. The molecule has 118 valence electrons. The zero-order valence-electron chi connectivity index (χ0n) is 12.4. The molecule has 0 atom stereocenters. The Labute approximate surface area is 141 Å². The second-order valence-electron chi connectivity index (χ2n) is 4.43. The zero-order valence-corrected chi connectivity index (χ0v) is 15.8. The fourth-order valence-corrected chi connectivity index (χ4v) is 9.23. The number of benzene rings is 2. The Bertz CT molecular complexity index is 576. The van der Waals surface area contributed by atoms with Gasteiger partial charge in [-0.05, 0) is 0 Å². The number of hydrogen-bond donors (Lipinski definition) is 2. The number of hydrogen-bond acceptors (Lipinski definition) is 4. The molecule has 0 radical (unpaired) electrons. The first-order chi connectivity index (χ1) is 10.7. The van der Waals surface area contributed by atoms with Crippen molar-refractivity contribution in [3.05, 3.63) is 47.5 Å². The second kappa shape index (κ2) is 8.58. The Hall–Kier alpha value is -1.00. The van der Waals surface area contributed by atoms with Crippen LogP contribution in [0.25, 0.3) is 0 Å². The first-order valence-electron chi connectivity index (χ1n) is 6.62. The maximum absolute atomic E-state index is 9.51. The molecular formula is C16H18O4Se2.